The van der Waals surface area contributed by atoms with Crippen LogP contribution in [-0.4, -0.2) is 45.3 Å². The summed E-state index contributed by atoms with van der Waals surface area (Å²) in [5, 5.41) is 3.17. The minimum atomic E-state index is -0.460. The molecule has 1 aliphatic heterocycles. The average Bonchev–Trinajstić information content (AvgIpc) is 2.78. The fourth-order valence-electron chi connectivity index (χ4n) is 4.07. The number of esters is 1. The van der Waals surface area contributed by atoms with Crippen molar-refractivity contribution in [3.63, 3.8) is 0 Å². The van der Waals surface area contributed by atoms with Crippen LogP contribution in [-0.2, 0) is 9.53 Å². The van der Waals surface area contributed by atoms with Gasteiger partial charge in [-0.3, -0.25) is 14.4 Å². The monoisotopic (exact) mass is 413 g/mol. The Bertz CT molecular complexity index is 905. The number of ether oxygens (including phenoxy) is 1. The lowest BCUT2D eigenvalue weighted by atomic mass is 9.96. The first kappa shape index (κ1) is 21.9. The molecule has 0 aliphatic carbocycles. The summed E-state index contributed by atoms with van der Waals surface area (Å²) in [7, 11) is 0. The molecule has 0 bridgehead atoms. The fourth-order valence-corrected chi connectivity index (χ4v) is 4.07. The van der Waals surface area contributed by atoms with Gasteiger partial charge in [0.05, 0.1) is 12.5 Å². The van der Waals surface area contributed by atoms with Gasteiger partial charge < -0.3 is 19.9 Å². The minimum Gasteiger partial charge on any atom is -0.466 e. The second-order valence-electron chi connectivity index (χ2n) is 7.61. The molecule has 7 nitrogen and oxygen atoms in total. The van der Waals surface area contributed by atoms with Gasteiger partial charge in [-0.25, -0.2) is 0 Å². The number of rotatable bonds is 10. The molecule has 1 heterocycles. The van der Waals surface area contributed by atoms with Crippen LogP contribution >= 0.6 is 0 Å². The van der Waals surface area contributed by atoms with Crippen molar-refractivity contribution in [2.24, 2.45) is 5.92 Å². The van der Waals surface area contributed by atoms with Crippen LogP contribution in [0.25, 0.3) is 0 Å². The van der Waals surface area contributed by atoms with Crippen molar-refractivity contribution in [3.8, 4) is 0 Å². The highest BCUT2D eigenvalue weighted by Gasteiger charge is 2.32. The summed E-state index contributed by atoms with van der Waals surface area (Å²) in [6.07, 6.45) is 2.39. The molecule has 1 atom stereocenters. The molecule has 1 aliphatic rings. The molecule has 2 aromatic rings. The van der Waals surface area contributed by atoms with Crippen molar-refractivity contribution in [3.05, 3.63) is 50.8 Å². The van der Waals surface area contributed by atoms with Gasteiger partial charge >= 0.3 is 5.97 Å². The number of carbonyl (C=O) groups excluding carboxylic acids is 1. The van der Waals surface area contributed by atoms with E-state index in [9.17, 15) is 14.4 Å². The SMILES string of the molecule is CCOC(=O)[C@@H]1CCCN(c2c(NCCCN(CC)c3ccccc3)c(=O)c2=O)C1. The van der Waals surface area contributed by atoms with E-state index in [1.807, 2.05) is 23.1 Å². The highest BCUT2D eigenvalue weighted by atomic mass is 16.5. The third-order valence-corrected chi connectivity index (χ3v) is 5.65. The van der Waals surface area contributed by atoms with Crippen molar-refractivity contribution in [2.75, 3.05) is 54.4 Å². The van der Waals surface area contributed by atoms with Crippen LogP contribution < -0.4 is 26.0 Å². The first-order valence-corrected chi connectivity index (χ1v) is 10.9. The third kappa shape index (κ3) is 4.83. The molecule has 30 heavy (non-hydrogen) atoms. The number of carbonyl (C=O) groups is 1. The van der Waals surface area contributed by atoms with Crippen LogP contribution in [0, 0.1) is 5.92 Å². The van der Waals surface area contributed by atoms with E-state index >= 15 is 0 Å². The number of anilines is 3. The van der Waals surface area contributed by atoms with E-state index < -0.39 is 10.9 Å². The maximum atomic E-state index is 12.2. The summed E-state index contributed by atoms with van der Waals surface area (Å²) in [5.41, 5.74) is 1.09. The maximum Gasteiger partial charge on any atom is 0.310 e. The van der Waals surface area contributed by atoms with Crippen LogP contribution in [0.5, 0.6) is 0 Å². The van der Waals surface area contributed by atoms with E-state index in [0.717, 1.165) is 32.4 Å². The summed E-state index contributed by atoms with van der Waals surface area (Å²) < 4.78 is 5.13. The van der Waals surface area contributed by atoms with E-state index in [1.54, 1.807) is 6.92 Å². The molecule has 0 aromatic heterocycles. The molecule has 0 unspecified atom stereocenters. The topological polar surface area (TPSA) is 79.0 Å². The van der Waals surface area contributed by atoms with Crippen molar-refractivity contribution < 1.29 is 9.53 Å². The van der Waals surface area contributed by atoms with Crippen LogP contribution in [0.4, 0.5) is 17.1 Å². The lowest BCUT2D eigenvalue weighted by Gasteiger charge is -2.34. The molecular formula is C23H31N3O4. The zero-order valence-corrected chi connectivity index (χ0v) is 17.9. The van der Waals surface area contributed by atoms with Crippen LogP contribution in [0.1, 0.15) is 33.1 Å². The van der Waals surface area contributed by atoms with Crippen molar-refractivity contribution in [2.45, 2.75) is 33.1 Å². The molecule has 2 aromatic carbocycles. The Labute approximate surface area is 177 Å². The van der Waals surface area contributed by atoms with E-state index in [0.29, 0.717) is 37.6 Å². The summed E-state index contributed by atoms with van der Waals surface area (Å²) in [5.74, 6) is -0.476. The highest BCUT2D eigenvalue weighted by Crippen LogP contribution is 2.27. The number of nitrogens with one attached hydrogen (secondary N) is 1. The number of hydrogen-bond donors (Lipinski definition) is 1. The highest BCUT2D eigenvalue weighted by molar-refractivity contribution is 5.78. The van der Waals surface area contributed by atoms with Crippen LogP contribution in [0.3, 0.4) is 0 Å². The minimum absolute atomic E-state index is 0.226. The molecule has 0 radical (unpaired) electrons. The van der Waals surface area contributed by atoms with Gasteiger partial charge in [0.25, 0.3) is 10.9 Å². The molecule has 1 N–H and O–H groups in total. The molecule has 0 spiro atoms. The fraction of sp³-hybridized carbons (Fsp3) is 0.522. The normalized spacial score (nSPS) is 16.5. The maximum absolute atomic E-state index is 12.2. The summed E-state index contributed by atoms with van der Waals surface area (Å²) in [6.45, 7) is 7.71. The van der Waals surface area contributed by atoms with Gasteiger partial charge in [-0.2, -0.15) is 0 Å². The zero-order chi connectivity index (χ0) is 21.5. The Kier molecular flexibility index (Phi) is 7.49. The Morgan fingerprint density at radius 3 is 2.67 bits per heavy atom. The van der Waals surface area contributed by atoms with Crippen molar-refractivity contribution in [1.82, 2.24) is 0 Å². The first-order valence-electron chi connectivity index (χ1n) is 10.9. The molecule has 1 fully saturated rings. The van der Waals surface area contributed by atoms with E-state index in [4.69, 9.17) is 4.74 Å². The van der Waals surface area contributed by atoms with Gasteiger partial charge in [-0.05, 0) is 45.2 Å². The summed E-state index contributed by atoms with van der Waals surface area (Å²) in [6, 6.07) is 10.2. The van der Waals surface area contributed by atoms with Gasteiger partial charge in [-0.1, -0.05) is 18.2 Å². The molecule has 0 saturated carbocycles. The zero-order valence-electron chi connectivity index (χ0n) is 17.9. The smallest absolute Gasteiger partial charge is 0.310 e. The second-order valence-corrected chi connectivity index (χ2v) is 7.61. The second kappa shape index (κ2) is 10.3. The lowest BCUT2D eigenvalue weighted by molar-refractivity contribution is -0.148. The van der Waals surface area contributed by atoms with Gasteiger partial charge in [0.2, 0.25) is 0 Å². The number of benzene rings is 1. The lowest BCUT2D eigenvalue weighted by Crippen LogP contribution is -2.47. The number of hydrogen-bond acceptors (Lipinski definition) is 7. The van der Waals surface area contributed by atoms with Gasteiger partial charge in [0.1, 0.15) is 11.4 Å². The summed E-state index contributed by atoms with van der Waals surface area (Å²) in [4.78, 5) is 40.6. The Morgan fingerprint density at radius 1 is 1.20 bits per heavy atom. The average molecular weight is 414 g/mol. The Morgan fingerprint density at radius 2 is 1.97 bits per heavy atom. The van der Waals surface area contributed by atoms with Crippen molar-refractivity contribution >= 4 is 23.0 Å². The van der Waals surface area contributed by atoms with Gasteiger partial charge in [0.15, 0.2) is 0 Å². The molecule has 162 valence electrons. The quantitative estimate of drug-likeness (QED) is 0.364. The number of nitrogens with zero attached hydrogens (tertiary/aromatic N) is 2. The predicted molar refractivity (Wildman–Crippen MR) is 120 cm³/mol. The van der Waals surface area contributed by atoms with Crippen molar-refractivity contribution in [1.29, 1.82) is 0 Å². The van der Waals surface area contributed by atoms with E-state index in [1.165, 1.54) is 5.69 Å². The van der Waals surface area contributed by atoms with Crippen LogP contribution in [0.15, 0.2) is 39.9 Å². The summed E-state index contributed by atoms with van der Waals surface area (Å²) >= 11 is 0. The largest absolute Gasteiger partial charge is 0.466 e. The van der Waals surface area contributed by atoms with E-state index in [-0.39, 0.29) is 11.9 Å². The van der Waals surface area contributed by atoms with E-state index in [2.05, 4.69) is 29.3 Å². The first-order chi connectivity index (χ1) is 14.6. The predicted octanol–water partition coefficient (Wildman–Crippen LogP) is 2.39. The Balaban J connectivity index is 1.57. The number of piperidine rings is 1. The van der Waals surface area contributed by atoms with Crippen LogP contribution in [0.2, 0.25) is 0 Å². The number of para-hydroxylation sites is 1. The van der Waals surface area contributed by atoms with Gasteiger partial charge in [-0.15, -0.1) is 0 Å². The molecule has 1 saturated heterocycles. The van der Waals surface area contributed by atoms with Gasteiger partial charge in [0, 0.05) is 38.4 Å². The molecular weight excluding hydrogens is 382 g/mol. The standard InChI is InChI=1S/C23H31N3O4/c1-3-25(18-11-6-5-7-12-18)15-9-13-24-19-20(22(28)21(19)27)26-14-8-10-17(16-26)23(29)30-4-2/h5-7,11-12,17,24H,3-4,8-10,13-16H2,1-2H3/t17-/m1/s1. The molecule has 0 amide bonds. The molecule has 7 heteroatoms. The molecule has 3 rings (SSSR count). The third-order valence-electron chi connectivity index (χ3n) is 5.65. The Hall–Kier alpha value is -2.83.